The van der Waals surface area contributed by atoms with Crippen molar-refractivity contribution in [3.8, 4) is 11.5 Å². The number of halogens is 1. The van der Waals surface area contributed by atoms with E-state index >= 15 is 0 Å². The van der Waals surface area contributed by atoms with Crippen LogP contribution in [-0.2, 0) is 4.79 Å². The van der Waals surface area contributed by atoms with Gasteiger partial charge >= 0.3 is 5.97 Å². The maximum Gasteiger partial charge on any atom is 0.303 e. The summed E-state index contributed by atoms with van der Waals surface area (Å²) in [6.07, 6.45) is 3.10. The SMILES string of the molecule is O=C(O)CC(c1cc2c(cc1Cl)OCCCO2)C1CC1. The highest BCUT2D eigenvalue weighted by Crippen LogP contribution is 2.48. The molecule has 0 radical (unpaired) electrons. The van der Waals surface area contributed by atoms with Crippen LogP contribution in [0.1, 0.15) is 37.2 Å². The Morgan fingerprint density at radius 2 is 1.95 bits per heavy atom. The Kier molecular flexibility index (Phi) is 3.74. The number of aliphatic carboxylic acids is 1. The summed E-state index contributed by atoms with van der Waals surface area (Å²) in [4.78, 5) is 11.1. The Bertz CT molecular complexity index is 525. The van der Waals surface area contributed by atoms with Gasteiger partial charge in [0.15, 0.2) is 11.5 Å². The van der Waals surface area contributed by atoms with Crippen molar-refractivity contribution in [3.63, 3.8) is 0 Å². The van der Waals surface area contributed by atoms with Crippen molar-refractivity contribution in [2.45, 2.75) is 31.6 Å². The molecule has 4 nitrogen and oxygen atoms in total. The monoisotopic (exact) mass is 296 g/mol. The first-order valence-electron chi connectivity index (χ1n) is 6.96. The van der Waals surface area contributed by atoms with Gasteiger partial charge in [0.05, 0.1) is 19.6 Å². The van der Waals surface area contributed by atoms with Gasteiger partial charge in [-0.3, -0.25) is 4.79 Å². The molecule has 0 spiro atoms. The lowest BCUT2D eigenvalue weighted by atomic mass is 9.90. The fourth-order valence-corrected chi connectivity index (χ4v) is 2.99. The molecule has 5 heteroatoms. The second-order valence-electron chi connectivity index (χ2n) is 5.41. The Morgan fingerprint density at radius 3 is 2.55 bits per heavy atom. The number of ether oxygens (including phenoxy) is 2. The zero-order valence-electron chi connectivity index (χ0n) is 11.1. The van der Waals surface area contributed by atoms with E-state index in [0.29, 0.717) is 35.7 Å². The molecule has 1 N–H and O–H groups in total. The van der Waals surface area contributed by atoms with E-state index in [-0.39, 0.29) is 12.3 Å². The van der Waals surface area contributed by atoms with Gasteiger partial charge in [-0.25, -0.2) is 0 Å². The molecule has 0 saturated heterocycles. The minimum Gasteiger partial charge on any atom is -0.490 e. The fourth-order valence-electron chi connectivity index (χ4n) is 2.70. The van der Waals surface area contributed by atoms with Crippen molar-refractivity contribution in [2.75, 3.05) is 13.2 Å². The average Bonchev–Trinajstić information content (AvgIpc) is 3.22. The maximum atomic E-state index is 11.1. The van der Waals surface area contributed by atoms with Gasteiger partial charge in [-0.1, -0.05) is 11.6 Å². The average molecular weight is 297 g/mol. The molecule has 0 aromatic heterocycles. The number of fused-ring (bicyclic) bond motifs is 1. The molecule has 20 heavy (non-hydrogen) atoms. The summed E-state index contributed by atoms with van der Waals surface area (Å²) in [5.74, 6) is 0.939. The third-order valence-corrected chi connectivity index (χ3v) is 4.18. The fraction of sp³-hybridized carbons (Fsp3) is 0.533. The van der Waals surface area contributed by atoms with E-state index in [9.17, 15) is 4.79 Å². The van der Waals surface area contributed by atoms with Crippen molar-refractivity contribution in [2.24, 2.45) is 5.92 Å². The van der Waals surface area contributed by atoms with E-state index in [2.05, 4.69) is 0 Å². The first-order chi connectivity index (χ1) is 9.65. The molecule has 3 rings (SSSR count). The molecule has 2 aliphatic rings. The standard InChI is InChI=1S/C15H17ClO4/c16-12-8-14-13(19-4-1-5-20-14)6-11(12)10(7-15(17)18)9-2-3-9/h6,8-10H,1-5,7H2,(H,17,18). The molecule has 1 aliphatic heterocycles. The first-order valence-corrected chi connectivity index (χ1v) is 7.34. The normalized spacial score (nSPS) is 19.2. The highest BCUT2D eigenvalue weighted by molar-refractivity contribution is 6.31. The first kappa shape index (κ1) is 13.6. The Hall–Kier alpha value is -1.42. The summed E-state index contributed by atoms with van der Waals surface area (Å²) in [5.41, 5.74) is 0.876. The third-order valence-electron chi connectivity index (χ3n) is 3.85. The minimum absolute atomic E-state index is 0.0304. The van der Waals surface area contributed by atoms with Gasteiger partial charge in [0.2, 0.25) is 0 Å². The third kappa shape index (κ3) is 2.85. The van der Waals surface area contributed by atoms with Crippen LogP contribution in [0, 0.1) is 5.92 Å². The molecule has 1 aromatic carbocycles. The van der Waals surface area contributed by atoms with Gasteiger partial charge in [0, 0.05) is 17.5 Å². The van der Waals surface area contributed by atoms with Crippen LogP contribution in [0.3, 0.4) is 0 Å². The maximum absolute atomic E-state index is 11.1. The number of carboxylic acid groups (broad SMARTS) is 1. The smallest absolute Gasteiger partial charge is 0.303 e. The van der Waals surface area contributed by atoms with Crippen LogP contribution in [0.15, 0.2) is 12.1 Å². The van der Waals surface area contributed by atoms with Crippen molar-refractivity contribution >= 4 is 17.6 Å². The quantitative estimate of drug-likeness (QED) is 0.924. The number of rotatable bonds is 4. The van der Waals surface area contributed by atoms with Crippen LogP contribution in [0.4, 0.5) is 0 Å². The Balaban J connectivity index is 1.95. The highest BCUT2D eigenvalue weighted by atomic mass is 35.5. The highest BCUT2D eigenvalue weighted by Gasteiger charge is 2.35. The van der Waals surface area contributed by atoms with Crippen LogP contribution in [0.25, 0.3) is 0 Å². The van der Waals surface area contributed by atoms with Gasteiger partial charge in [0.1, 0.15) is 0 Å². The topological polar surface area (TPSA) is 55.8 Å². The van der Waals surface area contributed by atoms with Crippen molar-refractivity contribution in [1.82, 2.24) is 0 Å². The predicted octanol–water partition coefficient (Wildman–Crippen LogP) is 3.47. The minimum atomic E-state index is -0.787. The lowest BCUT2D eigenvalue weighted by Crippen LogP contribution is -2.09. The van der Waals surface area contributed by atoms with Gasteiger partial charge < -0.3 is 14.6 Å². The molecule has 1 aliphatic carbocycles. The molecule has 0 amide bonds. The van der Waals surface area contributed by atoms with E-state index in [1.807, 2.05) is 6.07 Å². The van der Waals surface area contributed by atoms with E-state index in [4.69, 9.17) is 26.2 Å². The van der Waals surface area contributed by atoms with E-state index in [1.54, 1.807) is 6.07 Å². The van der Waals surface area contributed by atoms with E-state index in [0.717, 1.165) is 24.8 Å². The second kappa shape index (κ2) is 5.52. The van der Waals surface area contributed by atoms with Gasteiger partial charge in [-0.05, 0) is 36.3 Å². The van der Waals surface area contributed by atoms with E-state index in [1.165, 1.54) is 0 Å². The number of hydrogen-bond acceptors (Lipinski definition) is 3. The largest absolute Gasteiger partial charge is 0.490 e. The molecule has 108 valence electrons. The lowest BCUT2D eigenvalue weighted by molar-refractivity contribution is -0.137. The summed E-state index contributed by atoms with van der Waals surface area (Å²) >= 11 is 6.34. The molecular formula is C15H17ClO4. The van der Waals surface area contributed by atoms with Gasteiger partial charge in [-0.15, -0.1) is 0 Å². The summed E-state index contributed by atoms with van der Waals surface area (Å²) in [7, 11) is 0. The summed E-state index contributed by atoms with van der Waals surface area (Å²) in [6.45, 7) is 1.23. The number of carboxylic acids is 1. The van der Waals surface area contributed by atoms with Gasteiger partial charge in [-0.2, -0.15) is 0 Å². The molecule has 1 unspecified atom stereocenters. The van der Waals surface area contributed by atoms with Crippen LogP contribution in [0.5, 0.6) is 11.5 Å². The van der Waals surface area contributed by atoms with Crippen molar-refractivity contribution < 1.29 is 19.4 Å². The molecule has 1 heterocycles. The van der Waals surface area contributed by atoms with Crippen LogP contribution >= 0.6 is 11.6 Å². The Morgan fingerprint density at radius 1 is 1.30 bits per heavy atom. The zero-order valence-corrected chi connectivity index (χ0v) is 11.9. The molecule has 1 saturated carbocycles. The number of hydrogen-bond donors (Lipinski definition) is 1. The zero-order chi connectivity index (χ0) is 14.1. The van der Waals surface area contributed by atoms with Gasteiger partial charge in [0.25, 0.3) is 0 Å². The summed E-state index contributed by atoms with van der Waals surface area (Å²) < 4.78 is 11.3. The van der Waals surface area contributed by atoms with Crippen LogP contribution < -0.4 is 9.47 Å². The molecule has 1 aromatic rings. The van der Waals surface area contributed by atoms with Crippen molar-refractivity contribution in [1.29, 1.82) is 0 Å². The number of carbonyl (C=O) groups is 1. The molecule has 1 fully saturated rings. The predicted molar refractivity (Wildman–Crippen MR) is 74.8 cm³/mol. The molecular weight excluding hydrogens is 280 g/mol. The van der Waals surface area contributed by atoms with E-state index < -0.39 is 5.97 Å². The second-order valence-corrected chi connectivity index (χ2v) is 5.82. The summed E-state index contributed by atoms with van der Waals surface area (Å²) in [6, 6.07) is 3.63. The summed E-state index contributed by atoms with van der Waals surface area (Å²) in [5, 5.41) is 9.67. The van der Waals surface area contributed by atoms with Crippen LogP contribution in [0.2, 0.25) is 5.02 Å². The van der Waals surface area contributed by atoms with Crippen LogP contribution in [-0.4, -0.2) is 24.3 Å². The van der Waals surface area contributed by atoms with Crippen molar-refractivity contribution in [3.05, 3.63) is 22.7 Å². The lowest BCUT2D eigenvalue weighted by Gasteiger charge is -2.18. The molecule has 0 bridgehead atoms. The number of benzene rings is 1. The molecule has 1 atom stereocenters. The Labute approximate surface area is 122 Å².